The molecule has 0 fully saturated rings. The van der Waals surface area contributed by atoms with Crippen LogP contribution >= 0.6 is 0 Å². The number of anilines is 1. The Balaban J connectivity index is 1.85. The van der Waals surface area contributed by atoms with Crippen LogP contribution in [0.3, 0.4) is 0 Å². The Hall–Kier alpha value is -3.15. The Morgan fingerprint density at radius 1 is 1.04 bits per heavy atom. The average Bonchev–Trinajstić information content (AvgIpc) is 2.58. The fourth-order valence-electron chi connectivity index (χ4n) is 1.86. The van der Waals surface area contributed by atoms with E-state index in [4.69, 9.17) is 4.74 Å². The van der Waals surface area contributed by atoms with Crippen LogP contribution in [0.15, 0.2) is 53.6 Å². The fraction of sp³-hybridized carbons (Fsp3) is 0.167. The first-order chi connectivity index (χ1) is 11.6. The second-order valence-corrected chi connectivity index (χ2v) is 5.02. The maximum atomic E-state index is 11.8. The number of carbonyl (C=O) groups excluding carboxylic acids is 2. The largest absolute Gasteiger partial charge is 0.494 e. The Bertz CT molecular complexity index is 722. The van der Waals surface area contributed by atoms with Crippen molar-refractivity contribution in [1.82, 2.24) is 5.43 Å². The molecule has 0 aliphatic carbocycles. The molecular weight excluding hydrogens is 306 g/mol. The lowest BCUT2D eigenvalue weighted by Gasteiger charge is -2.06. The van der Waals surface area contributed by atoms with Crippen molar-refractivity contribution in [1.29, 1.82) is 0 Å². The zero-order valence-electron chi connectivity index (χ0n) is 13.6. The van der Waals surface area contributed by atoms with Crippen LogP contribution in [0.25, 0.3) is 0 Å². The predicted octanol–water partition coefficient (Wildman–Crippen LogP) is 2.48. The summed E-state index contributed by atoms with van der Waals surface area (Å²) in [4.78, 5) is 23.5. The van der Waals surface area contributed by atoms with Gasteiger partial charge >= 0.3 is 11.8 Å². The van der Waals surface area contributed by atoms with Crippen LogP contribution < -0.4 is 15.5 Å². The lowest BCUT2D eigenvalue weighted by atomic mass is 10.2. The SMILES string of the molecule is CCOc1ccc(NC(=O)C(=O)N/N=C\c2ccc(C)cc2)cc1. The maximum Gasteiger partial charge on any atom is 0.329 e. The van der Waals surface area contributed by atoms with Gasteiger partial charge in [-0.1, -0.05) is 29.8 Å². The molecule has 6 nitrogen and oxygen atoms in total. The highest BCUT2D eigenvalue weighted by Crippen LogP contribution is 2.15. The summed E-state index contributed by atoms with van der Waals surface area (Å²) in [7, 11) is 0. The molecule has 0 unspecified atom stereocenters. The van der Waals surface area contributed by atoms with Crippen LogP contribution in [0.1, 0.15) is 18.1 Å². The van der Waals surface area contributed by atoms with Gasteiger partial charge in [0, 0.05) is 5.69 Å². The van der Waals surface area contributed by atoms with E-state index in [2.05, 4.69) is 15.8 Å². The van der Waals surface area contributed by atoms with Gasteiger partial charge in [-0.25, -0.2) is 5.43 Å². The molecule has 2 N–H and O–H groups in total. The average molecular weight is 325 g/mol. The summed E-state index contributed by atoms with van der Waals surface area (Å²) in [6, 6.07) is 14.3. The number of rotatable bonds is 5. The molecule has 0 atom stereocenters. The molecule has 6 heteroatoms. The Kier molecular flexibility index (Phi) is 6.08. The molecule has 0 bridgehead atoms. The van der Waals surface area contributed by atoms with Crippen molar-refractivity contribution in [3.8, 4) is 5.75 Å². The molecule has 2 amide bonds. The Morgan fingerprint density at radius 3 is 2.33 bits per heavy atom. The number of hydrazone groups is 1. The number of aryl methyl sites for hydroxylation is 1. The summed E-state index contributed by atoms with van der Waals surface area (Å²) in [5.41, 5.74) is 4.65. The molecule has 2 aromatic rings. The highest BCUT2D eigenvalue weighted by molar-refractivity contribution is 6.39. The first-order valence-corrected chi connectivity index (χ1v) is 7.52. The van der Waals surface area contributed by atoms with Crippen LogP contribution in [0.4, 0.5) is 5.69 Å². The van der Waals surface area contributed by atoms with Gasteiger partial charge in [0.1, 0.15) is 5.75 Å². The molecule has 124 valence electrons. The molecule has 0 aliphatic rings. The zero-order valence-corrected chi connectivity index (χ0v) is 13.6. The number of nitrogens with zero attached hydrogens (tertiary/aromatic N) is 1. The van der Waals surface area contributed by atoms with Crippen LogP contribution in [0.2, 0.25) is 0 Å². The number of hydrogen-bond donors (Lipinski definition) is 2. The molecule has 0 radical (unpaired) electrons. The van der Waals surface area contributed by atoms with Gasteiger partial charge < -0.3 is 10.1 Å². The van der Waals surface area contributed by atoms with Gasteiger partial charge in [-0.2, -0.15) is 5.10 Å². The highest BCUT2D eigenvalue weighted by atomic mass is 16.5. The molecule has 0 saturated heterocycles. The summed E-state index contributed by atoms with van der Waals surface area (Å²) >= 11 is 0. The molecule has 0 aliphatic heterocycles. The monoisotopic (exact) mass is 325 g/mol. The van der Waals surface area contributed by atoms with Crippen molar-refractivity contribution >= 4 is 23.7 Å². The van der Waals surface area contributed by atoms with E-state index < -0.39 is 11.8 Å². The summed E-state index contributed by atoms with van der Waals surface area (Å²) in [6.45, 7) is 4.43. The van der Waals surface area contributed by atoms with Crippen molar-refractivity contribution in [3.05, 3.63) is 59.7 Å². The lowest BCUT2D eigenvalue weighted by molar-refractivity contribution is -0.136. The molecule has 2 aromatic carbocycles. The third kappa shape index (κ3) is 5.24. The number of hydrogen-bond acceptors (Lipinski definition) is 4. The van der Waals surface area contributed by atoms with E-state index in [0.717, 1.165) is 11.1 Å². The minimum Gasteiger partial charge on any atom is -0.494 e. The van der Waals surface area contributed by atoms with Gasteiger partial charge in [-0.05, 0) is 43.7 Å². The van der Waals surface area contributed by atoms with Crippen LogP contribution in [0, 0.1) is 6.92 Å². The predicted molar refractivity (Wildman–Crippen MR) is 93.2 cm³/mol. The minimum absolute atomic E-state index is 0.501. The quantitative estimate of drug-likeness (QED) is 0.503. The summed E-state index contributed by atoms with van der Waals surface area (Å²) in [6.07, 6.45) is 1.47. The van der Waals surface area contributed by atoms with Crippen LogP contribution in [-0.4, -0.2) is 24.6 Å². The topological polar surface area (TPSA) is 79.8 Å². The molecular formula is C18H19N3O3. The van der Waals surface area contributed by atoms with Crippen molar-refractivity contribution in [2.24, 2.45) is 5.10 Å². The second-order valence-electron chi connectivity index (χ2n) is 5.02. The molecule has 0 aromatic heterocycles. The van der Waals surface area contributed by atoms with Crippen molar-refractivity contribution in [3.63, 3.8) is 0 Å². The number of carbonyl (C=O) groups is 2. The molecule has 0 heterocycles. The van der Waals surface area contributed by atoms with E-state index in [1.807, 2.05) is 38.1 Å². The minimum atomic E-state index is -0.841. The maximum absolute atomic E-state index is 11.8. The second kappa shape index (κ2) is 8.47. The number of benzene rings is 2. The van der Waals surface area contributed by atoms with Crippen LogP contribution in [0.5, 0.6) is 5.75 Å². The Morgan fingerprint density at radius 2 is 1.71 bits per heavy atom. The molecule has 24 heavy (non-hydrogen) atoms. The Labute approximate surface area is 140 Å². The van der Waals surface area contributed by atoms with E-state index in [1.54, 1.807) is 24.3 Å². The van der Waals surface area contributed by atoms with Gasteiger partial charge in [0.15, 0.2) is 0 Å². The van der Waals surface area contributed by atoms with Crippen LogP contribution in [-0.2, 0) is 9.59 Å². The third-order valence-corrected chi connectivity index (χ3v) is 3.09. The fourth-order valence-corrected chi connectivity index (χ4v) is 1.86. The van der Waals surface area contributed by atoms with Gasteiger partial charge in [0.2, 0.25) is 0 Å². The van der Waals surface area contributed by atoms with Gasteiger partial charge in [-0.15, -0.1) is 0 Å². The van der Waals surface area contributed by atoms with E-state index in [0.29, 0.717) is 18.0 Å². The van der Waals surface area contributed by atoms with Crippen molar-refractivity contribution in [2.45, 2.75) is 13.8 Å². The van der Waals surface area contributed by atoms with Gasteiger partial charge in [-0.3, -0.25) is 9.59 Å². The number of nitrogens with one attached hydrogen (secondary N) is 2. The number of ether oxygens (including phenoxy) is 1. The first kappa shape index (κ1) is 17.2. The van der Waals surface area contributed by atoms with E-state index in [-0.39, 0.29) is 0 Å². The lowest BCUT2D eigenvalue weighted by Crippen LogP contribution is -2.32. The summed E-state index contributed by atoms with van der Waals surface area (Å²) < 4.78 is 5.30. The third-order valence-electron chi connectivity index (χ3n) is 3.09. The summed E-state index contributed by atoms with van der Waals surface area (Å²) in [5.74, 6) is -0.935. The molecule has 0 spiro atoms. The van der Waals surface area contributed by atoms with Gasteiger partial charge in [0.05, 0.1) is 12.8 Å². The van der Waals surface area contributed by atoms with Crippen molar-refractivity contribution in [2.75, 3.05) is 11.9 Å². The zero-order chi connectivity index (χ0) is 17.4. The van der Waals surface area contributed by atoms with E-state index in [9.17, 15) is 9.59 Å². The standard InChI is InChI=1S/C18H19N3O3/c1-3-24-16-10-8-15(9-11-16)20-17(22)18(23)21-19-12-14-6-4-13(2)5-7-14/h4-12H,3H2,1-2H3,(H,20,22)(H,21,23)/b19-12-. The number of amides is 2. The van der Waals surface area contributed by atoms with E-state index >= 15 is 0 Å². The smallest absolute Gasteiger partial charge is 0.329 e. The summed E-state index contributed by atoms with van der Waals surface area (Å²) in [5, 5.41) is 6.25. The normalized spacial score (nSPS) is 10.4. The van der Waals surface area contributed by atoms with Crippen molar-refractivity contribution < 1.29 is 14.3 Å². The molecule has 0 saturated carbocycles. The van der Waals surface area contributed by atoms with E-state index in [1.165, 1.54) is 6.21 Å². The molecule has 2 rings (SSSR count). The van der Waals surface area contributed by atoms with Gasteiger partial charge in [0.25, 0.3) is 0 Å². The first-order valence-electron chi connectivity index (χ1n) is 7.52. The highest BCUT2D eigenvalue weighted by Gasteiger charge is 2.12.